The van der Waals surface area contributed by atoms with Crippen LogP contribution in [0.3, 0.4) is 0 Å². The zero-order chi connectivity index (χ0) is 17.4. The Bertz CT molecular complexity index is 713. The van der Waals surface area contributed by atoms with Gasteiger partial charge in [0.05, 0.1) is 23.1 Å². The maximum Gasteiger partial charge on any atom is 0.272 e. The largest absolute Gasteiger partial charge is 0.353 e. The summed E-state index contributed by atoms with van der Waals surface area (Å²) in [5.41, 5.74) is 2.47. The number of amides is 1. The first-order chi connectivity index (χ1) is 11.7. The van der Waals surface area contributed by atoms with E-state index in [-0.39, 0.29) is 5.91 Å². The summed E-state index contributed by atoms with van der Waals surface area (Å²) in [4.78, 5) is 18.6. The third-order valence-corrected chi connectivity index (χ3v) is 3.58. The minimum atomic E-state index is -0.0392. The van der Waals surface area contributed by atoms with Gasteiger partial charge in [0, 0.05) is 13.1 Å². The van der Waals surface area contributed by atoms with E-state index in [0.29, 0.717) is 11.3 Å². The van der Waals surface area contributed by atoms with Crippen molar-refractivity contribution in [2.75, 3.05) is 18.4 Å². The van der Waals surface area contributed by atoms with E-state index in [1.165, 1.54) is 0 Å². The summed E-state index contributed by atoms with van der Waals surface area (Å²) in [7, 11) is 0. The molecule has 0 aliphatic heterocycles. The van der Waals surface area contributed by atoms with Crippen molar-refractivity contribution in [3.05, 3.63) is 53.9 Å². The Kier molecular flexibility index (Phi) is 6.32. The zero-order valence-corrected chi connectivity index (χ0v) is 14.1. The molecule has 0 fully saturated rings. The highest BCUT2D eigenvalue weighted by Crippen LogP contribution is 2.20. The first-order valence-electron chi connectivity index (χ1n) is 8.21. The smallest absolute Gasteiger partial charge is 0.272 e. The van der Waals surface area contributed by atoms with Crippen molar-refractivity contribution in [3.63, 3.8) is 0 Å². The highest BCUT2D eigenvalue weighted by molar-refractivity contribution is 5.92. The van der Waals surface area contributed by atoms with Gasteiger partial charge in [-0.15, -0.1) is 0 Å². The van der Waals surface area contributed by atoms with Crippen molar-refractivity contribution in [2.24, 2.45) is 0 Å². The molecule has 0 aliphatic carbocycles. The molecular weight excluding hydrogens is 300 g/mol. The van der Waals surface area contributed by atoms with E-state index < -0.39 is 0 Å². The SMILES string of the molecule is CCCN(CCC)C(=O)c1ccc(Nc2ccccc2C#N)cn1. The molecule has 24 heavy (non-hydrogen) atoms. The molecule has 0 atom stereocenters. The summed E-state index contributed by atoms with van der Waals surface area (Å²) in [5.74, 6) is -0.0392. The Morgan fingerprint density at radius 2 is 1.88 bits per heavy atom. The molecule has 0 radical (unpaired) electrons. The highest BCUT2D eigenvalue weighted by atomic mass is 16.2. The summed E-state index contributed by atoms with van der Waals surface area (Å²) in [6.07, 6.45) is 3.48. The van der Waals surface area contributed by atoms with Crippen molar-refractivity contribution in [3.8, 4) is 6.07 Å². The summed E-state index contributed by atoms with van der Waals surface area (Å²) in [5, 5.41) is 12.3. The average Bonchev–Trinajstić information content (AvgIpc) is 2.62. The van der Waals surface area contributed by atoms with Gasteiger partial charge in [-0.25, -0.2) is 4.98 Å². The molecule has 5 heteroatoms. The number of nitrogens with one attached hydrogen (secondary N) is 1. The Morgan fingerprint density at radius 1 is 1.17 bits per heavy atom. The summed E-state index contributed by atoms with van der Waals surface area (Å²) in [6, 6.07) is 12.9. The number of hydrogen-bond donors (Lipinski definition) is 1. The van der Waals surface area contributed by atoms with Gasteiger partial charge in [0.2, 0.25) is 0 Å². The van der Waals surface area contributed by atoms with Gasteiger partial charge in [-0.05, 0) is 37.1 Å². The lowest BCUT2D eigenvalue weighted by Crippen LogP contribution is -2.33. The number of nitrogens with zero attached hydrogens (tertiary/aromatic N) is 3. The number of nitriles is 1. The van der Waals surface area contributed by atoms with Crippen LogP contribution in [-0.4, -0.2) is 28.9 Å². The molecular formula is C19H22N4O. The molecule has 0 unspecified atom stereocenters. The van der Waals surface area contributed by atoms with Crippen LogP contribution >= 0.6 is 0 Å². The fourth-order valence-corrected chi connectivity index (χ4v) is 2.46. The van der Waals surface area contributed by atoms with E-state index in [2.05, 4.69) is 30.2 Å². The van der Waals surface area contributed by atoms with Gasteiger partial charge in [-0.2, -0.15) is 5.26 Å². The standard InChI is InChI=1S/C19H22N4O/c1-3-11-23(12-4-2)19(24)18-10-9-16(14-21-18)22-17-8-6-5-7-15(17)13-20/h5-10,14,22H,3-4,11-12H2,1-2H3. The molecule has 1 aromatic heterocycles. The predicted molar refractivity (Wildman–Crippen MR) is 95.2 cm³/mol. The van der Waals surface area contributed by atoms with Crippen LogP contribution in [0.25, 0.3) is 0 Å². The first-order valence-corrected chi connectivity index (χ1v) is 8.21. The fourth-order valence-electron chi connectivity index (χ4n) is 2.46. The molecule has 2 rings (SSSR count). The maximum absolute atomic E-state index is 12.5. The second-order valence-corrected chi connectivity index (χ2v) is 5.51. The van der Waals surface area contributed by atoms with Crippen LogP contribution < -0.4 is 5.32 Å². The van der Waals surface area contributed by atoms with Crippen LogP contribution in [0.2, 0.25) is 0 Å². The number of carbonyl (C=O) groups excluding carboxylic acids is 1. The molecule has 5 nitrogen and oxygen atoms in total. The van der Waals surface area contributed by atoms with E-state index in [1.54, 1.807) is 18.3 Å². The molecule has 1 amide bonds. The number of pyridine rings is 1. The molecule has 1 heterocycles. The quantitative estimate of drug-likeness (QED) is 0.837. The number of aromatic nitrogens is 1. The van der Waals surface area contributed by atoms with Crippen molar-refractivity contribution in [2.45, 2.75) is 26.7 Å². The summed E-state index contributed by atoms with van der Waals surface area (Å²) >= 11 is 0. The van der Waals surface area contributed by atoms with Gasteiger partial charge in [0.25, 0.3) is 5.91 Å². The van der Waals surface area contributed by atoms with Crippen molar-refractivity contribution >= 4 is 17.3 Å². The van der Waals surface area contributed by atoms with E-state index in [4.69, 9.17) is 5.26 Å². The number of para-hydroxylation sites is 1. The normalized spacial score (nSPS) is 10.0. The Balaban J connectivity index is 2.12. The molecule has 0 aliphatic rings. The molecule has 1 aromatic carbocycles. The molecule has 1 N–H and O–H groups in total. The minimum absolute atomic E-state index is 0.0392. The number of carbonyl (C=O) groups is 1. The van der Waals surface area contributed by atoms with Gasteiger partial charge in [0.15, 0.2) is 0 Å². The topological polar surface area (TPSA) is 69.0 Å². The van der Waals surface area contributed by atoms with Crippen LogP contribution in [0, 0.1) is 11.3 Å². The van der Waals surface area contributed by atoms with Gasteiger partial charge < -0.3 is 10.2 Å². The van der Waals surface area contributed by atoms with E-state index in [1.807, 2.05) is 29.2 Å². The molecule has 0 spiro atoms. The Labute approximate surface area is 142 Å². The lowest BCUT2D eigenvalue weighted by molar-refractivity contribution is 0.0749. The first kappa shape index (κ1) is 17.5. The summed E-state index contributed by atoms with van der Waals surface area (Å²) in [6.45, 7) is 5.60. The second kappa shape index (κ2) is 8.68. The maximum atomic E-state index is 12.5. The Hall–Kier alpha value is -2.87. The number of rotatable bonds is 7. The summed E-state index contributed by atoms with van der Waals surface area (Å²) < 4.78 is 0. The number of hydrogen-bond acceptors (Lipinski definition) is 4. The molecule has 0 saturated heterocycles. The zero-order valence-electron chi connectivity index (χ0n) is 14.1. The van der Waals surface area contributed by atoms with Gasteiger partial charge in [-0.1, -0.05) is 26.0 Å². The number of benzene rings is 1. The van der Waals surface area contributed by atoms with Gasteiger partial charge in [-0.3, -0.25) is 4.79 Å². The predicted octanol–water partition coefficient (Wildman–Crippen LogP) is 3.96. The van der Waals surface area contributed by atoms with Crippen LogP contribution in [0.1, 0.15) is 42.7 Å². The van der Waals surface area contributed by atoms with Crippen molar-refractivity contribution < 1.29 is 4.79 Å². The fraction of sp³-hybridized carbons (Fsp3) is 0.316. The van der Waals surface area contributed by atoms with Crippen molar-refractivity contribution in [1.29, 1.82) is 5.26 Å². The lowest BCUT2D eigenvalue weighted by Gasteiger charge is -2.21. The van der Waals surface area contributed by atoms with Gasteiger partial charge >= 0.3 is 0 Å². The molecule has 124 valence electrons. The number of anilines is 2. The van der Waals surface area contributed by atoms with Crippen LogP contribution in [-0.2, 0) is 0 Å². The lowest BCUT2D eigenvalue weighted by atomic mass is 10.2. The molecule has 2 aromatic rings. The third-order valence-electron chi connectivity index (χ3n) is 3.58. The van der Waals surface area contributed by atoms with E-state index in [9.17, 15) is 4.79 Å². The van der Waals surface area contributed by atoms with E-state index in [0.717, 1.165) is 37.3 Å². The highest BCUT2D eigenvalue weighted by Gasteiger charge is 2.15. The van der Waals surface area contributed by atoms with Crippen molar-refractivity contribution in [1.82, 2.24) is 9.88 Å². The second-order valence-electron chi connectivity index (χ2n) is 5.51. The van der Waals surface area contributed by atoms with Crippen LogP contribution in [0.15, 0.2) is 42.6 Å². The van der Waals surface area contributed by atoms with Crippen LogP contribution in [0.5, 0.6) is 0 Å². The van der Waals surface area contributed by atoms with E-state index >= 15 is 0 Å². The van der Waals surface area contributed by atoms with Crippen LogP contribution in [0.4, 0.5) is 11.4 Å². The minimum Gasteiger partial charge on any atom is -0.353 e. The van der Waals surface area contributed by atoms with Gasteiger partial charge in [0.1, 0.15) is 11.8 Å². The molecule has 0 saturated carbocycles. The Morgan fingerprint density at radius 3 is 2.46 bits per heavy atom. The monoisotopic (exact) mass is 322 g/mol. The molecule has 0 bridgehead atoms. The third kappa shape index (κ3) is 4.32. The average molecular weight is 322 g/mol.